The molecule has 1 aliphatic rings. The predicted molar refractivity (Wildman–Crippen MR) is 59.5 cm³/mol. The van der Waals surface area contributed by atoms with E-state index in [1.807, 2.05) is 6.92 Å². The van der Waals surface area contributed by atoms with Gasteiger partial charge in [0.15, 0.2) is 0 Å². The third kappa shape index (κ3) is 3.17. The number of carbonyl (C=O) groups is 1. The number of carboxylic acid groups (broad SMARTS) is 1. The number of ether oxygens (including phenoxy) is 2. The maximum atomic E-state index is 11.3. The predicted octanol–water partition coefficient (Wildman–Crippen LogP) is 0.492. The first-order valence-corrected chi connectivity index (χ1v) is 5.75. The van der Waals surface area contributed by atoms with Crippen LogP contribution in [0.4, 0.5) is 0 Å². The smallest absolute Gasteiger partial charge is 0.326 e. The molecule has 94 valence electrons. The van der Waals surface area contributed by atoms with E-state index >= 15 is 0 Å². The molecule has 0 heterocycles. The van der Waals surface area contributed by atoms with E-state index in [2.05, 4.69) is 5.32 Å². The fourth-order valence-corrected chi connectivity index (χ4v) is 1.81. The number of hydrogen-bond acceptors (Lipinski definition) is 4. The van der Waals surface area contributed by atoms with Crippen molar-refractivity contribution < 1.29 is 19.4 Å². The molecular weight excluding hydrogens is 210 g/mol. The molecule has 0 aromatic heterocycles. The zero-order valence-corrected chi connectivity index (χ0v) is 9.99. The van der Waals surface area contributed by atoms with Crippen LogP contribution in [-0.4, -0.2) is 50.1 Å². The lowest BCUT2D eigenvalue weighted by molar-refractivity contribution is -0.149. The van der Waals surface area contributed by atoms with Gasteiger partial charge in [-0.05, 0) is 32.7 Å². The monoisotopic (exact) mass is 231 g/mol. The largest absolute Gasteiger partial charge is 0.480 e. The lowest BCUT2D eigenvalue weighted by Crippen LogP contribution is -2.56. The van der Waals surface area contributed by atoms with Gasteiger partial charge in [0, 0.05) is 6.61 Å². The average Bonchev–Trinajstić information content (AvgIpc) is 3.07. The fraction of sp³-hybridized carbons (Fsp3) is 0.909. The summed E-state index contributed by atoms with van der Waals surface area (Å²) in [4.78, 5) is 11.3. The zero-order chi connectivity index (χ0) is 12.0. The summed E-state index contributed by atoms with van der Waals surface area (Å²) in [7, 11) is 1.68. The molecule has 0 aromatic carbocycles. The number of likely N-dealkylation sites (N-methyl/N-ethyl adjacent to an activating group) is 1. The van der Waals surface area contributed by atoms with Crippen molar-refractivity contribution in [3.63, 3.8) is 0 Å². The van der Waals surface area contributed by atoms with Gasteiger partial charge in [-0.3, -0.25) is 4.79 Å². The normalized spacial score (nSPS) is 19.4. The number of aliphatic carboxylic acids is 1. The van der Waals surface area contributed by atoms with E-state index in [4.69, 9.17) is 9.47 Å². The minimum absolute atomic E-state index is 0.196. The summed E-state index contributed by atoms with van der Waals surface area (Å²) in [5.41, 5.74) is -0.911. The van der Waals surface area contributed by atoms with Crippen molar-refractivity contribution in [2.24, 2.45) is 5.92 Å². The second kappa shape index (κ2) is 6.18. The SMILES string of the molecule is CCOCCOCC(NC)(C(=O)O)C1CC1. The van der Waals surface area contributed by atoms with E-state index in [1.54, 1.807) is 7.05 Å². The Morgan fingerprint density at radius 3 is 2.50 bits per heavy atom. The summed E-state index contributed by atoms with van der Waals surface area (Å²) >= 11 is 0. The van der Waals surface area contributed by atoms with Gasteiger partial charge in [-0.25, -0.2) is 0 Å². The quantitative estimate of drug-likeness (QED) is 0.565. The summed E-state index contributed by atoms with van der Waals surface area (Å²) < 4.78 is 10.5. The van der Waals surface area contributed by atoms with Gasteiger partial charge < -0.3 is 19.9 Å². The molecule has 16 heavy (non-hydrogen) atoms. The molecule has 5 heteroatoms. The number of nitrogens with one attached hydrogen (secondary N) is 1. The highest BCUT2D eigenvalue weighted by Crippen LogP contribution is 2.40. The highest BCUT2D eigenvalue weighted by atomic mass is 16.5. The molecule has 0 amide bonds. The molecule has 0 aliphatic heterocycles. The van der Waals surface area contributed by atoms with Gasteiger partial charge in [0.05, 0.1) is 19.8 Å². The Morgan fingerprint density at radius 2 is 2.06 bits per heavy atom. The topological polar surface area (TPSA) is 67.8 Å². The highest BCUT2D eigenvalue weighted by molar-refractivity contribution is 5.80. The van der Waals surface area contributed by atoms with Crippen LogP contribution in [0, 0.1) is 5.92 Å². The van der Waals surface area contributed by atoms with Crippen molar-refractivity contribution in [2.75, 3.05) is 33.5 Å². The van der Waals surface area contributed by atoms with Crippen LogP contribution < -0.4 is 5.32 Å². The van der Waals surface area contributed by atoms with Crippen LogP contribution >= 0.6 is 0 Å². The summed E-state index contributed by atoms with van der Waals surface area (Å²) in [6.45, 7) is 3.73. The molecule has 0 radical (unpaired) electrons. The van der Waals surface area contributed by atoms with E-state index < -0.39 is 11.5 Å². The summed E-state index contributed by atoms with van der Waals surface area (Å²) in [6.07, 6.45) is 1.92. The van der Waals surface area contributed by atoms with E-state index in [-0.39, 0.29) is 12.5 Å². The van der Waals surface area contributed by atoms with Crippen molar-refractivity contribution in [2.45, 2.75) is 25.3 Å². The molecule has 1 saturated carbocycles. The van der Waals surface area contributed by atoms with Crippen molar-refractivity contribution >= 4 is 5.97 Å². The van der Waals surface area contributed by atoms with Crippen LogP contribution in [0.3, 0.4) is 0 Å². The van der Waals surface area contributed by atoms with Crippen molar-refractivity contribution in [1.29, 1.82) is 0 Å². The summed E-state index contributed by atoms with van der Waals surface area (Å²) in [6, 6.07) is 0. The molecule has 1 fully saturated rings. The molecule has 5 nitrogen and oxygen atoms in total. The Morgan fingerprint density at radius 1 is 1.44 bits per heavy atom. The van der Waals surface area contributed by atoms with Gasteiger partial charge >= 0.3 is 5.97 Å². The summed E-state index contributed by atoms with van der Waals surface area (Å²) in [5.74, 6) is -0.629. The van der Waals surface area contributed by atoms with Crippen molar-refractivity contribution in [3.8, 4) is 0 Å². The standard InChI is InChI=1S/C11H21NO4/c1-3-15-6-7-16-8-11(12-2,10(13)14)9-4-5-9/h9,12H,3-8H2,1-2H3,(H,13,14). The maximum absolute atomic E-state index is 11.3. The van der Waals surface area contributed by atoms with Crippen LogP contribution in [0.5, 0.6) is 0 Å². The molecule has 0 bridgehead atoms. The molecule has 1 unspecified atom stereocenters. The van der Waals surface area contributed by atoms with E-state index in [0.29, 0.717) is 19.8 Å². The number of carboxylic acids is 1. The fourth-order valence-electron chi connectivity index (χ4n) is 1.81. The van der Waals surface area contributed by atoms with Gasteiger partial charge in [-0.1, -0.05) is 0 Å². The molecule has 0 spiro atoms. The van der Waals surface area contributed by atoms with Crippen LogP contribution in [0.15, 0.2) is 0 Å². The first-order valence-electron chi connectivity index (χ1n) is 5.75. The van der Waals surface area contributed by atoms with Crippen LogP contribution in [0.2, 0.25) is 0 Å². The first kappa shape index (κ1) is 13.4. The second-order valence-corrected chi connectivity index (χ2v) is 4.05. The van der Waals surface area contributed by atoms with E-state index in [0.717, 1.165) is 12.8 Å². The first-order chi connectivity index (χ1) is 7.67. The Hall–Kier alpha value is -0.650. The minimum Gasteiger partial charge on any atom is -0.480 e. The Bertz CT molecular complexity index is 230. The third-order valence-corrected chi connectivity index (χ3v) is 3.01. The Labute approximate surface area is 96.1 Å². The zero-order valence-electron chi connectivity index (χ0n) is 9.99. The van der Waals surface area contributed by atoms with E-state index in [1.165, 1.54) is 0 Å². The van der Waals surface area contributed by atoms with Crippen molar-refractivity contribution in [1.82, 2.24) is 5.32 Å². The number of hydrogen-bond donors (Lipinski definition) is 2. The number of rotatable bonds is 9. The Balaban J connectivity index is 2.35. The minimum atomic E-state index is -0.911. The van der Waals surface area contributed by atoms with Crippen LogP contribution in [0.25, 0.3) is 0 Å². The van der Waals surface area contributed by atoms with Gasteiger partial charge in [0.1, 0.15) is 5.54 Å². The van der Waals surface area contributed by atoms with Crippen molar-refractivity contribution in [3.05, 3.63) is 0 Å². The third-order valence-electron chi connectivity index (χ3n) is 3.01. The molecule has 1 rings (SSSR count). The van der Waals surface area contributed by atoms with Gasteiger partial charge in [-0.15, -0.1) is 0 Å². The second-order valence-electron chi connectivity index (χ2n) is 4.05. The maximum Gasteiger partial charge on any atom is 0.326 e. The molecule has 1 atom stereocenters. The van der Waals surface area contributed by atoms with E-state index in [9.17, 15) is 9.90 Å². The average molecular weight is 231 g/mol. The highest BCUT2D eigenvalue weighted by Gasteiger charge is 2.50. The summed E-state index contributed by atoms with van der Waals surface area (Å²) in [5, 5.41) is 12.2. The van der Waals surface area contributed by atoms with Gasteiger partial charge in [0.2, 0.25) is 0 Å². The van der Waals surface area contributed by atoms with Gasteiger partial charge in [-0.2, -0.15) is 0 Å². The lowest BCUT2D eigenvalue weighted by atomic mass is 9.95. The van der Waals surface area contributed by atoms with Gasteiger partial charge in [0.25, 0.3) is 0 Å². The Kier molecular flexibility index (Phi) is 5.18. The lowest BCUT2D eigenvalue weighted by Gasteiger charge is -2.28. The van der Waals surface area contributed by atoms with Crippen LogP contribution in [-0.2, 0) is 14.3 Å². The van der Waals surface area contributed by atoms with Crippen LogP contribution in [0.1, 0.15) is 19.8 Å². The molecule has 2 N–H and O–H groups in total. The molecule has 1 aliphatic carbocycles. The molecular formula is C11H21NO4. The molecule has 0 saturated heterocycles. The molecule has 0 aromatic rings.